The highest BCUT2D eigenvalue weighted by Gasteiger charge is 2.35. The normalized spacial score (nSPS) is 20.3. The van der Waals surface area contributed by atoms with Crippen LogP contribution in [0.5, 0.6) is 0 Å². The second-order valence-corrected chi connectivity index (χ2v) is 8.04. The molecule has 7 nitrogen and oxygen atoms in total. The fraction of sp³-hybridized carbons (Fsp3) is 0.643. The lowest BCUT2D eigenvalue weighted by Gasteiger charge is -2.26. The number of aromatic amines is 1. The van der Waals surface area contributed by atoms with E-state index in [1.54, 1.807) is 6.92 Å². The van der Waals surface area contributed by atoms with E-state index in [2.05, 4.69) is 9.97 Å². The Balaban J connectivity index is 2.28. The van der Waals surface area contributed by atoms with Crippen LogP contribution in [-0.2, 0) is 9.84 Å². The van der Waals surface area contributed by atoms with E-state index in [-0.39, 0.29) is 29.0 Å². The van der Waals surface area contributed by atoms with E-state index >= 15 is 0 Å². The Bertz CT molecular complexity index is 724. The highest BCUT2D eigenvalue weighted by Crippen LogP contribution is 2.19. The van der Waals surface area contributed by atoms with E-state index in [0.29, 0.717) is 18.8 Å². The molecule has 0 saturated carbocycles. The van der Waals surface area contributed by atoms with E-state index < -0.39 is 21.3 Å². The molecule has 1 fully saturated rings. The third-order valence-corrected chi connectivity index (χ3v) is 5.60. The number of nitrogens with one attached hydrogen (secondary N) is 1. The molecule has 0 aromatic carbocycles. The van der Waals surface area contributed by atoms with Gasteiger partial charge < -0.3 is 9.88 Å². The van der Waals surface area contributed by atoms with Crippen molar-refractivity contribution in [2.45, 2.75) is 39.2 Å². The zero-order valence-corrected chi connectivity index (χ0v) is 13.8. The van der Waals surface area contributed by atoms with Crippen molar-refractivity contribution >= 4 is 15.7 Å². The van der Waals surface area contributed by atoms with Crippen molar-refractivity contribution in [1.82, 2.24) is 14.9 Å². The first-order valence-corrected chi connectivity index (χ1v) is 9.18. The minimum Gasteiger partial charge on any atom is -0.335 e. The number of amides is 1. The van der Waals surface area contributed by atoms with Crippen LogP contribution in [-0.4, -0.2) is 53.3 Å². The maximum Gasteiger partial charge on any atom is 0.263 e. The first kappa shape index (κ1) is 16.7. The number of hydrogen-bond donors (Lipinski definition) is 1. The fourth-order valence-corrected chi connectivity index (χ4v) is 4.33. The largest absolute Gasteiger partial charge is 0.335 e. The van der Waals surface area contributed by atoms with Crippen molar-refractivity contribution in [2.24, 2.45) is 0 Å². The van der Waals surface area contributed by atoms with Crippen molar-refractivity contribution in [2.75, 3.05) is 18.1 Å². The third-order valence-electron chi connectivity index (χ3n) is 3.85. The van der Waals surface area contributed by atoms with Gasteiger partial charge in [0.25, 0.3) is 11.5 Å². The monoisotopic (exact) mass is 327 g/mol. The smallest absolute Gasteiger partial charge is 0.263 e. The molecule has 1 N–H and O–H groups in total. The number of sulfone groups is 1. The van der Waals surface area contributed by atoms with Gasteiger partial charge in [-0.15, -0.1) is 0 Å². The van der Waals surface area contributed by atoms with Gasteiger partial charge in [0.1, 0.15) is 11.4 Å². The Labute approximate surface area is 129 Å². The van der Waals surface area contributed by atoms with Crippen LogP contribution in [0.4, 0.5) is 0 Å². The zero-order valence-electron chi connectivity index (χ0n) is 13.0. The second kappa shape index (κ2) is 6.20. The molecule has 8 heteroatoms. The quantitative estimate of drug-likeness (QED) is 0.870. The van der Waals surface area contributed by atoms with Crippen LogP contribution in [0, 0.1) is 0 Å². The standard InChI is InChI=1S/C14H21N3O4S/c1-4-17(10-5-6-22(20,21)8-10)14(19)11-7-15-12(9(2)3)16-13(11)18/h7,9-10H,4-6,8H2,1-3H3,(H,15,16,18)/t10-/m0/s1. The topological polar surface area (TPSA) is 100 Å². The molecule has 1 atom stereocenters. The molecular formula is C14H21N3O4S. The molecule has 0 spiro atoms. The number of carbonyl (C=O) groups is 1. The summed E-state index contributed by atoms with van der Waals surface area (Å²) in [5.74, 6) is 0.158. The minimum absolute atomic E-state index is 0.0397. The van der Waals surface area contributed by atoms with Gasteiger partial charge in [0.15, 0.2) is 9.84 Å². The van der Waals surface area contributed by atoms with Gasteiger partial charge in [0.2, 0.25) is 0 Å². The molecule has 1 aliphatic heterocycles. The van der Waals surface area contributed by atoms with E-state index in [4.69, 9.17) is 0 Å². The molecule has 0 unspecified atom stereocenters. The molecular weight excluding hydrogens is 306 g/mol. The number of aromatic nitrogens is 2. The number of hydrogen-bond acceptors (Lipinski definition) is 5. The zero-order chi connectivity index (χ0) is 16.5. The van der Waals surface area contributed by atoms with Crippen LogP contribution < -0.4 is 5.56 Å². The summed E-state index contributed by atoms with van der Waals surface area (Å²) >= 11 is 0. The molecule has 2 rings (SSSR count). The Hall–Kier alpha value is -1.70. The summed E-state index contributed by atoms with van der Waals surface area (Å²) in [7, 11) is -3.09. The lowest BCUT2D eigenvalue weighted by atomic mass is 10.1. The van der Waals surface area contributed by atoms with Crippen molar-refractivity contribution in [3.63, 3.8) is 0 Å². The summed E-state index contributed by atoms with van der Waals surface area (Å²) in [5, 5.41) is 0. The molecule has 1 saturated heterocycles. The molecule has 1 aliphatic rings. The van der Waals surface area contributed by atoms with Gasteiger partial charge in [-0.1, -0.05) is 13.8 Å². The Kier molecular flexibility index (Phi) is 4.69. The second-order valence-electron chi connectivity index (χ2n) is 5.81. The van der Waals surface area contributed by atoms with Gasteiger partial charge in [0.05, 0.1) is 11.5 Å². The SMILES string of the molecule is CCN(C(=O)c1cnc(C(C)C)[nH]c1=O)[C@H]1CCS(=O)(=O)C1. The summed E-state index contributed by atoms with van der Waals surface area (Å²) in [4.78, 5) is 32.8. The average Bonchev–Trinajstić information content (AvgIpc) is 2.79. The summed E-state index contributed by atoms with van der Waals surface area (Å²) in [5.41, 5.74) is -0.529. The molecule has 2 heterocycles. The van der Waals surface area contributed by atoms with Crippen LogP contribution in [0.1, 0.15) is 49.3 Å². The number of H-pyrrole nitrogens is 1. The van der Waals surface area contributed by atoms with Crippen LogP contribution in [0.2, 0.25) is 0 Å². The average molecular weight is 327 g/mol. The molecule has 22 heavy (non-hydrogen) atoms. The molecule has 0 radical (unpaired) electrons. The number of nitrogens with zero attached hydrogens (tertiary/aromatic N) is 2. The van der Waals surface area contributed by atoms with Crippen molar-refractivity contribution in [1.29, 1.82) is 0 Å². The summed E-state index contributed by atoms with van der Waals surface area (Å²) in [6, 6.07) is -0.369. The molecule has 0 aliphatic carbocycles. The Morgan fingerprint density at radius 3 is 2.64 bits per heavy atom. The van der Waals surface area contributed by atoms with E-state index in [1.165, 1.54) is 11.1 Å². The first-order valence-electron chi connectivity index (χ1n) is 7.35. The van der Waals surface area contributed by atoms with Crippen LogP contribution in [0.15, 0.2) is 11.0 Å². The van der Waals surface area contributed by atoms with Gasteiger partial charge in [-0.3, -0.25) is 9.59 Å². The summed E-state index contributed by atoms with van der Waals surface area (Å²) in [6.07, 6.45) is 1.69. The van der Waals surface area contributed by atoms with Crippen molar-refractivity contribution in [3.8, 4) is 0 Å². The molecule has 1 aromatic heterocycles. The lowest BCUT2D eigenvalue weighted by molar-refractivity contribution is 0.0706. The molecule has 1 aromatic rings. The van der Waals surface area contributed by atoms with Gasteiger partial charge in [-0.05, 0) is 13.3 Å². The number of rotatable bonds is 4. The molecule has 122 valence electrons. The van der Waals surface area contributed by atoms with Crippen LogP contribution >= 0.6 is 0 Å². The van der Waals surface area contributed by atoms with E-state index in [9.17, 15) is 18.0 Å². The highest BCUT2D eigenvalue weighted by molar-refractivity contribution is 7.91. The van der Waals surface area contributed by atoms with Gasteiger partial charge in [-0.2, -0.15) is 0 Å². The van der Waals surface area contributed by atoms with Gasteiger partial charge >= 0.3 is 0 Å². The third kappa shape index (κ3) is 3.37. The highest BCUT2D eigenvalue weighted by atomic mass is 32.2. The lowest BCUT2D eigenvalue weighted by Crippen LogP contribution is -2.43. The predicted octanol–water partition coefficient (Wildman–Crippen LogP) is 0.542. The Morgan fingerprint density at radius 2 is 2.18 bits per heavy atom. The molecule has 0 bridgehead atoms. The van der Waals surface area contributed by atoms with Crippen LogP contribution in [0.25, 0.3) is 0 Å². The number of carbonyl (C=O) groups excluding carboxylic acids is 1. The molecule has 1 amide bonds. The van der Waals surface area contributed by atoms with E-state index in [1.807, 2.05) is 13.8 Å². The van der Waals surface area contributed by atoms with Gasteiger partial charge in [0, 0.05) is 24.7 Å². The van der Waals surface area contributed by atoms with Crippen LogP contribution in [0.3, 0.4) is 0 Å². The predicted molar refractivity (Wildman–Crippen MR) is 82.7 cm³/mol. The first-order chi connectivity index (χ1) is 10.2. The Morgan fingerprint density at radius 1 is 1.50 bits per heavy atom. The summed E-state index contributed by atoms with van der Waals surface area (Å²) < 4.78 is 23.2. The van der Waals surface area contributed by atoms with Crippen molar-refractivity contribution in [3.05, 3.63) is 27.9 Å². The minimum atomic E-state index is -3.09. The maximum atomic E-state index is 12.5. The van der Waals surface area contributed by atoms with E-state index in [0.717, 1.165) is 0 Å². The summed E-state index contributed by atoms with van der Waals surface area (Å²) in [6.45, 7) is 5.90. The van der Waals surface area contributed by atoms with Crippen molar-refractivity contribution < 1.29 is 13.2 Å². The fourth-order valence-electron chi connectivity index (χ4n) is 2.60. The van der Waals surface area contributed by atoms with Gasteiger partial charge in [-0.25, -0.2) is 13.4 Å². The maximum absolute atomic E-state index is 12.5.